The van der Waals surface area contributed by atoms with Crippen LogP contribution in [0.4, 0.5) is 0 Å². The van der Waals surface area contributed by atoms with Gasteiger partial charge in [0.1, 0.15) is 11.4 Å². The third kappa shape index (κ3) is 2.42. The average Bonchev–Trinajstić information content (AvgIpc) is 2.32. The van der Waals surface area contributed by atoms with Gasteiger partial charge in [0.15, 0.2) is 0 Å². The lowest BCUT2D eigenvalue weighted by Crippen LogP contribution is -2.42. The number of rotatable bonds is 4. The molecule has 0 atom stereocenters. The number of para-hydroxylation sites is 1. The number of hydrogen-bond donors (Lipinski definition) is 1. The third-order valence-electron chi connectivity index (χ3n) is 3.14. The molecule has 0 amide bonds. The molecule has 1 N–H and O–H groups in total. The summed E-state index contributed by atoms with van der Waals surface area (Å²) in [6.45, 7) is 2.37. The molecular weight excluding hydrogens is 230 g/mol. The predicted molar refractivity (Wildman–Crippen MR) is 71.2 cm³/mol. The number of nitrogens with zero attached hydrogens (tertiary/aromatic N) is 2. The Labute approximate surface area is 105 Å². The van der Waals surface area contributed by atoms with Gasteiger partial charge in [-0.3, -0.25) is 0 Å². The molecule has 1 aliphatic rings. The van der Waals surface area contributed by atoms with Gasteiger partial charge in [0.05, 0.1) is 5.52 Å². The van der Waals surface area contributed by atoms with Crippen LogP contribution in [0.1, 0.15) is 6.42 Å². The maximum Gasteiger partial charge on any atom is 0.117 e. The van der Waals surface area contributed by atoms with Crippen LogP contribution in [0.15, 0.2) is 35.6 Å². The van der Waals surface area contributed by atoms with Crippen LogP contribution in [0.25, 0.3) is 10.9 Å². The summed E-state index contributed by atoms with van der Waals surface area (Å²) in [5, 5.41) is 5.59. The molecular formula is C13H15N3S. The van der Waals surface area contributed by atoms with Gasteiger partial charge in [0.25, 0.3) is 0 Å². The zero-order valence-electron chi connectivity index (χ0n) is 9.60. The lowest BCUT2D eigenvalue weighted by Gasteiger charge is -2.26. The summed E-state index contributed by atoms with van der Waals surface area (Å²) in [5.41, 5.74) is 1.04. The molecule has 1 aromatic carbocycles. The van der Waals surface area contributed by atoms with Crippen molar-refractivity contribution in [1.29, 1.82) is 0 Å². The fourth-order valence-corrected chi connectivity index (χ4v) is 3.06. The first-order chi connectivity index (χ1) is 8.43. The lowest BCUT2D eigenvalue weighted by atomic mass is 10.0. The number of thioether (sulfide) groups is 1. The van der Waals surface area contributed by atoms with Gasteiger partial charge in [0, 0.05) is 5.39 Å². The molecule has 3 rings (SSSR count). The number of aromatic nitrogens is 2. The van der Waals surface area contributed by atoms with Crippen molar-refractivity contribution in [3.8, 4) is 0 Å². The van der Waals surface area contributed by atoms with E-state index in [1.54, 1.807) is 6.33 Å². The zero-order chi connectivity index (χ0) is 11.5. The Morgan fingerprint density at radius 1 is 1.24 bits per heavy atom. The molecule has 0 radical (unpaired) electrons. The summed E-state index contributed by atoms with van der Waals surface area (Å²) in [6, 6.07) is 8.20. The minimum absolute atomic E-state index is 0.871. The van der Waals surface area contributed by atoms with Crippen LogP contribution < -0.4 is 5.32 Å². The topological polar surface area (TPSA) is 37.8 Å². The molecule has 1 aliphatic heterocycles. The second-order valence-electron chi connectivity index (χ2n) is 4.36. The van der Waals surface area contributed by atoms with Crippen molar-refractivity contribution < 1.29 is 0 Å². The molecule has 0 unspecified atom stereocenters. The van der Waals surface area contributed by atoms with Crippen LogP contribution in [0.3, 0.4) is 0 Å². The number of fused-ring (bicyclic) bond motifs is 1. The standard InChI is InChI=1S/C13H15N3S/c1-2-4-12-11(3-1)13(16-9-15-12)17-6-5-10-7-14-8-10/h1-4,9-10,14H,5-8H2. The first-order valence-electron chi connectivity index (χ1n) is 5.97. The average molecular weight is 245 g/mol. The second-order valence-corrected chi connectivity index (χ2v) is 5.44. The predicted octanol–water partition coefficient (Wildman–Crippen LogP) is 2.33. The zero-order valence-corrected chi connectivity index (χ0v) is 10.4. The number of nitrogens with one attached hydrogen (secondary N) is 1. The maximum atomic E-state index is 4.38. The van der Waals surface area contributed by atoms with E-state index in [0.29, 0.717) is 0 Å². The van der Waals surface area contributed by atoms with Crippen molar-refractivity contribution in [3.05, 3.63) is 30.6 Å². The Bertz CT molecular complexity index is 505. The van der Waals surface area contributed by atoms with E-state index >= 15 is 0 Å². The Morgan fingerprint density at radius 3 is 2.94 bits per heavy atom. The van der Waals surface area contributed by atoms with E-state index in [2.05, 4.69) is 21.4 Å². The molecule has 17 heavy (non-hydrogen) atoms. The van der Waals surface area contributed by atoms with Crippen LogP contribution in [-0.2, 0) is 0 Å². The van der Waals surface area contributed by atoms with E-state index < -0.39 is 0 Å². The van der Waals surface area contributed by atoms with Gasteiger partial charge in [-0.15, -0.1) is 11.8 Å². The van der Waals surface area contributed by atoms with Crippen LogP contribution in [0, 0.1) is 5.92 Å². The highest BCUT2D eigenvalue weighted by Crippen LogP contribution is 2.25. The van der Waals surface area contributed by atoms with E-state index in [0.717, 1.165) is 22.2 Å². The summed E-state index contributed by atoms with van der Waals surface area (Å²) in [4.78, 5) is 8.66. The van der Waals surface area contributed by atoms with Crippen molar-refractivity contribution in [2.24, 2.45) is 5.92 Å². The largest absolute Gasteiger partial charge is 0.316 e. The summed E-state index contributed by atoms with van der Waals surface area (Å²) < 4.78 is 0. The molecule has 2 heterocycles. The molecule has 1 fully saturated rings. The first kappa shape index (κ1) is 11.0. The van der Waals surface area contributed by atoms with Crippen molar-refractivity contribution >= 4 is 22.7 Å². The summed E-state index contributed by atoms with van der Waals surface area (Å²) in [6.07, 6.45) is 2.94. The first-order valence-corrected chi connectivity index (χ1v) is 6.95. The van der Waals surface area contributed by atoms with Gasteiger partial charge < -0.3 is 5.32 Å². The molecule has 4 heteroatoms. The lowest BCUT2D eigenvalue weighted by molar-refractivity contribution is 0.341. The van der Waals surface area contributed by atoms with Gasteiger partial charge in [-0.1, -0.05) is 18.2 Å². The van der Waals surface area contributed by atoms with E-state index in [4.69, 9.17) is 0 Å². The highest BCUT2D eigenvalue weighted by molar-refractivity contribution is 7.99. The van der Waals surface area contributed by atoms with Crippen molar-refractivity contribution in [2.45, 2.75) is 11.4 Å². The van der Waals surface area contributed by atoms with Crippen LogP contribution in [0.5, 0.6) is 0 Å². The Morgan fingerprint density at radius 2 is 2.12 bits per heavy atom. The minimum Gasteiger partial charge on any atom is -0.316 e. The quantitative estimate of drug-likeness (QED) is 0.662. The van der Waals surface area contributed by atoms with Crippen molar-refractivity contribution in [3.63, 3.8) is 0 Å². The maximum absolute atomic E-state index is 4.38. The fraction of sp³-hybridized carbons (Fsp3) is 0.385. The molecule has 3 nitrogen and oxygen atoms in total. The molecule has 88 valence electrons. The molecule has 0 bridgehead atoms. The van der Waals surface area contributed by atoms with Crippen LogP contribution >= 0.6 is 11.8 Å². The van der Waals surface area contributed by atoms with Gasteiger partial charge in [-0.25, -0.2) is 9.97 Å². The molecule has 1 aromatic heterocycles. The highest BCUT2D eigenvalue weighted by Gasteiger charge is 2.16. The van der Waals surface area contributed by atoms with E-state index in [9.17, 15) is 0 Å². The molecule has 0 aliphatic carbocycles. The number of benzene rings is 1. The van der Waals surface area contributed by atoms with Crippen molar-refractivity contribution in [1.82, 2.24) is 15.3 Å². The van der Waals surface area contributed by atoms with E-state index in [1.165, 1.54) is 24.9 Å². The summed E-state index contributed by atoms with van der Waals surface area (Å²) in [7, 11) is 0. The summed E-state index contributed by atoms with van der Waals surface area (Å²) >= 11 is 1.85. The molecule has 1 saturated heterocycles. The second kappa shape index (κ2) is 5.02. The number of hydrogen-bond acceptors (Lipinski definition) is 4. The molecule has 2 aromatic rings. The smallest absolute Gasteiger partial charge is 0.117 e. The fourth-order valence-electron chi connectivity index (χ4n) is 1.97. The monoisotopic (exact) mass is 245 g/mol. The molecule has 0 saturated carbocycles. The Hall–Kier alpha value is -1.13. The van der Waals surface area contributed by atoms with Gasteiger partial charge in [-0.05, 0) is 37.2 Å². The van der Waals surface area contributed by atoms with Crippen LogP contribution in [-0.4, -0.2) is 28.8 Å². The third-order valence-corrected chi connectivity index (χ3v) is 4.18. The minimum atomic E-state index is 0.871. The van der Waals surface area contributed by atoms with E-state index in [1.807, 2.05) is 30.0 Å². The van der Waals surface area contributed by atoms with Crippen molar-refractivity contribution in [2.75, 3.05) is 18.8 Å². The summed E-state index contributed by atoms with van der Waals surface area (Å²) in [5.74, 6) is 2.02. The Balaban J connectivity index is 1.71. The van der Waals surface area contributed by atoms with E-state index in [-0.39, 0.29) is 0 Å². The Kier molecular flexibility index (Phi) is 3.25. The van der Waals surface area contributed by atoms with Crippen LogP contribution in [0.2, 0.25) is 0 Å². The normalized spacial score (nSPS) is 16.0. The SMILES string of the molecule is c1ccc2c(SCCC3CNC3)ncnc2c1. The highest BCUT2D eigenvalue weighted by atomic mass is 32.2. The molecule has 0 spiro atoms. The van der Waals surface area contributed by atoms with Gasteiger partial charge >= 0.3 is 0 Å². The van der Waals surface area contributed by atoms with Gasteiger partial charge in [-0.2, -0.15) is 0 Å². The van der Waals surface area contributed by atoms with Gasteiger partial charge in [0.2, 0.25) is 0 Å².